The number of rotatable bonds is 4. The number of aryl methyl sites for hydroxylation is 1. The Morgan fingerprint density at radius 1 is 1.15 bits per heavy atom. The fourth-order valence-corrected chi connectivity index (χ4v) is 3.40. The van der Waals surface area contributed by atoms with Crippen LogP contribution in [-0.2, 0) is 0 Å². The highest BCUT2D eigenvalue weighted by Crippen LogP contribution is 2.31. The molecule has 4 heterocycles. The van der Waals surface area contributed by atoms with Crippen LogP contribution in [0.5, 0.6) is 0 Å². The Labute approximate surface area is 157 Å². The standard InChI is InChI=1S/C19H21N7O/c1-13-4-2-7-21-17(13)24-18-16(20-9-10-22-18)14-5-3-11-26(12-14)19(27)15-6-8-23-25-15/h2,4,6-10,14H,3,5,11-12H2,1H3,(H,23,25)(H,21,22,24)/t14-/m0/s1. The Hall–Kier alpha value is -3.29. The van der Waals surface area contributed by atoms with E-state index in [1.807, 2.05) is 24.0 Å². The van der Waals surface area contributed by atoms with E-state index in [9.17, 15) is 4.79 Å². The van der Waals surface area contributed by atoms with Gasteiger partial charge < -0.3 is 10.2 Å². The fraction of sp³-hybridized carbons (Fsp3) is 0.316. The molecule has 27 heavy (non-hydrogen) atoms. The van der Waals surface area contributed by atoms with Gasteiger partial charge in [-0.05, 0) is 37.5 Å². The summed E-state index contributed by atoms with van der Waals surface area (Å²) in [5, 5.41) is 9.93. The summed E-state index contributed by atoms with van der Waals surface area (Å²) in [6.45, 7) is 3.33. The Balaban J connectivity index is 1.56. The van der Waals surface area contributed by atoms with Crippen molar-refractivity contribution in [3.05, 3.63) is 59.9 Å². The molecule has 1 amide bonds. The second-order valence-electron chi connectivity index (χ2n) is 6.64. The number of aromatic amines is 1. The third-order valence-electron chi connectivity index (χ3n) is 4.80. The molecule has 3 aromatic rings. The predicted molar refractivity (Wildman–Crippen MR) is 101 cm³/mol. The molecule has 0 unspecified atom stereocenters. The van der Waals surface area contributed by atoms with Gasteiger partial charge in [0.05, 0.1) is 5.69 Å². The van der Waals surface area contributed by atoms with Crippen LogP contribution in [0.1, 0.15) is 40.5 Å². The number of carbonyl (C=O) groups is 1. The van der Waals surface area contributed by atoms with Crippen molar-refractivity contribution < 1.29 is 4.79 Å². The Morgan fingerprint density at radius 3 is 2.81 bits per heavy atom. The van der Waals surface area contributed by atoms with Crippen molar-refractivity contribution in [3.8, 4) is 0 Å². The third kappa shape index (κ3) is 3.64. The summed E-state index contributed by atoms with van der Waals surface area (Å²) in [6, 6.07) is 5.60. The first kappa shape index (κ1) is 17.1. The van der Waals surface area contributed by atoms with Crippen LogP contribution in [0.3, 0.4) is 0 Å². The first-order chi connectivity index (χ1) is 13.2. The number of H-pyrrole nitrogens is 1. The van der Waals surface area contributed by atoms with E-state index in [-0.39, 0.29) is 11.8 Å². The molecule has 4 rings (SSSR count). The maximum Gasteiger partial charge on any atom is 0.271 e. The molecule has 1 aliphatic rings. The normalized spacial score (nSPS) is 16.9. The number of hydrogen-bond donors (Lipinski definition) is 2. The summed E-state index contributed by atoms with van der Waals surface area (Å²) in [5.41, 5.74) is 2.41. The van der Waals surface area contributed by atoms with E-state index in [0.717, 1.165) is 36.5 Å². The average molecular weight is 363 g/mol. The van der Waals surface area contributed by atoms with E-state index in [2.05, 4.69) is 30.5 Å². The molecule has 0 spiro atoms. The van der Waals surface area contributed by atoms with E-state index < -0.39 is 0 Å². The molecule has 138 valence electrons. The lowest BCUT2D eigenvalue weighted by Gasteiger charge is -2.32. The molecule has 1 saturated heterocycles. The van der Waals surface area contributed by atoms with Gasteiger partial charge in [0.1, 0.15) is 11.5 Å². The molecule has 8 heteroatoms. The quantitative estimate of drug-likeness (QED) is 0.739. The van der Waals surface area contributed by atoms with Gasteiger partial charge in [-0.25, -0.2) is 9.97 Å². The van der Waals surface area contributed by atoms with E-state index in [1.54, 1.807) is 30.9 Å². The summed E-state index contributed by atoms with van der Waals surface area (Å²) >= 11 is 0. The van der Waals surface area contributed by atoms with Crippen LogP contribution in [0, 0.1) is 6.92 Å². The van der Waals surface area contributed by atoms with Gasteiger partial charge in [-0.3, -0.25) is 14.9 Å². The number of amides is 1. The number of likely N-dealkylation sites (tertiary alicyclic amines) is 1. The Kier molecular flexibility index (Phi) is 4.78. The van der Waals surface area contributed by atoms with Crippen molar-refractivity contribution in [2.75, 3.05) is 18.4 Å². The highest BCUT2D eigenvalue weighted by atomic mass is 16.2. The van der Waals surface area contributed by atoms with Crippen LogP contribution in [0.15, 0.2) is 43.0 Å². The van der Waals surface area contributed by atoms with Gasteiger partial charge >= 0.3 is 0 Å². The first-order valence-corrected chi connectivity index (χ1v) is 9.00. The van der Waals surface area contributed by atoms with Crippen LogP contribution < -0.4 is 5.32 Å². The number of carbonyl (C=O) groups excluding carboxylic acids is 1. The maximum absolute atomic E-state index is 12.7. The lowest BCUT2D eigenvalue weighted by molar-refractivity contribution is 0.0700. The van der Waals surface area contributed by atoms with E-state index in [1.165, 1.54) is 0 Å². The van der Waals surface area contributed by atoms with Crippen molar-refractivity contribution in [2.45, 2.75) is 25.7 Å². The molecular formula is C19H21N7O. The molecule has 0 aliphatic carbocycles. The van der Waals surface area contributed by atoms with Gasteiger partial charge in [-0.2, -0.15) is 5.10 Å². The number of pyridine rings is 1. The number of anilines is 2. The van der Waals surface area contributed by atoms with Crippen LogP contribution in [0.25, 0.3) is 0 Å². The van der Waals surface area contributed by atoms with Gasteiger partial charge in [0.25, 0.3) is 5.91 Å². The Bertz CT molecular complexity index is 925. The molecular weight excluding hydrogens is 342 g/mol. The minimum Gasteiger partial charge on any atom is -0.337 e. The summed E-state index contributed by atoms with van der Waals surface area (Å²) in [4.78, 5) is 27.9. The molecule has 0 aromatic carbocycles. The summed E-state index contributed by atoms with van der Waals surface area (Å²) in [5.74, 6) is 1.54. The molecule has 0 radical (unpaired) electrons. The predicted octanol–water partition coefficient (Wildman–Crippen LogP) is 2.67. The van der Waals surface area contributed by atoms with Gasteiger partial charge in [0.2, 0.25) is 0 Å². The van der Waals surface area contributed by atoms with Crippen molar-refractivity contribution in [1.82, 2.24) is 30.0 Å². The summed E-state index contributed by atoms with van der Waals surface area (Å²) in [6.07, 6.45) is 8.58. The number of nitrogens with one attached hydrogen (secondary N) is 2. The lowest BCUT2D eigenvalue weighted by atomic mass is 9.94. The average Bonchev–Trinajstić information content (AvgIpc) is 3.24. The number of piperidine rings is 1. The number of hydrogen-bond acceptors (Lipinski definition) is 6. The first-order valence-electron chi connectivity index (χ1n) is 9.00. The third-order valence-corrected chi connectivity index (χ3v) is 4.80. The van der Waals surface area contributed by atoms with Crippen LogP contribution >= 0.6 is 0 Å². The van der Waals surface area contributed by atoms with E-state index in [0.29, 0.717) is 18.1 Å². The zero-order valence-corrected chi connectivity index (χ0v) is 15.1. The summed E-state index contributed by atoms with van der Waals surface area (Å²) < 4.78 is 0. The topological polar surface area (TPSA) is 99.7 Å². The van der Waals surface area contributed by atoms with Crippen LogP contribution in [0.4, 0.5) is 11.6 Å². The molecule has 8 nitrogen and oxygen atoms in total. The van der Waals surface area contributed by atoms with E-state index in [4.69, 9.17) is 0 Å². The smallest absolute Gasteiger partial charge is 0.271 e. The largest absolute Gasteiger partial charge is 0.337 e. The zero-order chi connectivity index (χ0) is 18.6. The number of aromatic nitrogens is 5. The highest BCUT2D eigenvalue weighted by molar-refractivity contribution is 5.92. The highest BCUT2D eigenvalue weighted by Gasteiger charge is 2.28. The Morgan fingerprint density at radius 2 is 2.00 bits per heavy atom. The molecule has 3 aromatic heterocycles. The second kappa shape index (κ2) is 7.53. The maximum atomic E-state index is 12.7. The van der Waals surface area contributed by atoms with Crippen molar-refractivity contribution in [3.63, 3.8) is 0 Å². The van der Waals surface area contributed by atoms with Crippen molar-refractivity contribution >= 4 is 17.5 Å². The van der Waals surface area contributed by atoms with Crippen molar-refractivity contribution in [2.24, 2.45) is 0 Å². The molecule has 1 aliphatic heterocycles. The lowest BCUT2D eigenvalue weighted by Crippen LogP contribution is -2.39. The van der Waals surface area contributed by atoms with Crippen LogP contribution in [-0.4, -0.2) is 49.0 Å². The monoisotopic (exact) mass is 363 g/mol. The van der Waals surface area contributed by atoms with Gasteiger partial charge in [-0.15, -0.1) is 0 Å². The van der Waals surface area contributed by atoms with Gasteiger partial charge in [0.15, 0.2) is 5.82 Å². The minimum atomic E-state index is -0.0313. The molecule has 1 atom stereocenters. The van der Waals surface area contributed by atoms with Crippen molar-refractivity contribution in [1.29, 1.82) is 0 Å². The van der Waals surface area contributed by atoms with Gasteiger partial charge in [-0.1, -0.05) is 6.07 Å². The zero-order valence-electron chi connectivity index (χ0n) is 15.1. The minimum absolute atomic E-state index is 0.0313. The molecule has 1 fully saturated rings. The fourth-order valence-electron chi connectivity index (χ4n) is 3.40. The van der Waals surface area contributed by atoms with Gasteiger partial charge in [0, 0.05) is 43.8 Å². The second-order valence-corrected chi connectivity index (χ2v) is 6.64. The number of nitrogens with zero attached hydrogens (tertiary/aromatic N) is 5. The molecule has 0 bridgehead atoms. The van der Waals surface area contributed by atoms with E-state index >= 15 is 0 Å². The van der Waals surface area contributed by atoms with Crippen LogP contribution in [0.2, 0.25) is 0 Å². The SMILES string of the molecule is Cc1cccnc1Nc1nccnc1[C@H]1CCCN(C(=O)c2ccn[nH]2)C1. The summed E-state index contributed by atoms with van der Waals surface area (Å²) in [7, 11) is 0. The molecule has 2 N–H and O–H groups in total. The molecule has 0 saturated carbocycles.